The molecule has 22 heavy (non-hydrogen) atoms. The zero-order valence-corrected chi connectivity index (χ0v) is 14.0. The van der Waals surface area contributed by atoms with Gasteiger partial charge in [0.15, 0.2) is 5.82 Å². The Bertz CT molecular complexity index is 507. The molecule has 1 aromatic rings. The van der Waals surface area contributed by atoms with Crippen molar-refractivity contribution in [3.63, 3.8) is 0 Å². The van der Waals surface area contributed by atoms with E-state index in [4.69, 9.17) is 10.3 Å². The smallest absolute Gasteiger partial charge is 0.235 e. The number of hydrogen-bond acceptors (Lipinski definition) is 6. The van der Waals surface area contributed by atoms with Crippen LogP contribution in [-0.2, 0) is 9.59 Å². The SMILES string of the molecule is Cc1cc(NC(=O)CSCC(=O)NC(CN)C2CC2)no1.Cl. The Labute approximate surface area is 139 Å². The number of thioether (sulfide) groups is 1. The van der Waals surface area contributed by atoms with E-state index in [1.807, 2.05) is 0 Å². The third-order valence-corrected chi connectivity index (χ3v) is 4.09. The van der Waals surface area contributed by atoms with Crippen LogP contribution in [0.5, 0.6) is 0 Å². The summed E-state index contributed by atoms with van der Waals surface area (Å²) in [5.41, 5.74) is 5.63. The molecular weight excluding hydrogens is 328 g/mol. The van der Waals surface area contributed by atoms with Gasteiger partial charge in [-0.05, 0) is 25.7 Å². The number of hydrogen-bond donors (Lipinski definition) is 3. The summed E-state index contributed by atoms with van der Waals surface area (Å²) in [5.74, 6) is 1.70. The Morgan fingerprint density at radius 1 is 1.45 bits per heavy atom. The summed E-state index contributed by atoms with van der Waals surface area (Å²) in [6, 6.07) is 1.71. The molecule has 1 saturated carbocycles. The number of amides is 2. The van der Waals surface area contributed by atoms with Crippen LogP contribution in [0.2, 0.25) is 0 Å². The topological polar surface area (TPSA) is 110 Å². The van der Waals surface area contributed by atoms with E-state index in [0.717, 1.165) is 12.8 Å². The van der Waals surface area contributed by atoms with Crippen molar-refractivity contribution in [3.8, 4) is 0 Å². The number of aromatic nitrogens is 1. The monoisotopic (exact) mass is 348 g/mol. The first kappa shape index (κ1) is 18.8. The van der Waals surface area contributed by atoms with Crippen LogP contribution in [0.1, 0.15) is 18.6 Å². The van der Waals surface area contributed by atoms with Crippen molar-refractivity contribution in [2.24, 2.45) is 11.7 Å². The van der Waals surface area contributed by atoms with Crippen LogP contribution in [-0.4, -0.2) is 41.1 Å². The van der Waals surface area contributed by atoms with Crippen molar-refractivity contribution >= 4 is 41.8 Å². The lowest BCUT2D eigenvalue weighted by atomic mass is 10.2. The molecule has 4 N–H and O–H groups in total. The van der Waals surface area contributed by atoms with Gasteiger partial charge in [-0.2, -0.15) is 0 Å². The number of nitrogens with one attached hydrogen (secondary N) is 2. The van der Waals surface area contributed by atoms with Crippen LogP contribution in [0, 0.1) is 12.8 Å². The summed E-state index contributed by atoms with van der Waals surface area (Å²) in [6.07, 6.45) is 2.27. The van der Waals surface area contributed by atoms with Gasteiger partial charge in [0.1, 0.15) is 5.76 Å². The van der Waals surface area contributed by atoms with Gasteiger partial charge in [0.25, 0.3) is 0 Å². The Hall–Kier alpha value is -1.25. The normalized spacial score (nSPS) is 14.8. The van der Waals surface area contributed by atoms with Gasteiger partial charge in [-0.3, -0.25) is 9.59 Å². The molecule has 1 unspecified atom stereocenters. The Morgan fingerprint density at radius 3 is 2.68 bits per heavy atom. The minimum absolute atomic E-state index is 0. The molecule has 1 aliphatic carbocycles. The standard InChI is InChI=1S/C13H20N4O3S.ClH/c1-8-4-11(17-20-8)16-13(19)7-21-6-12(18)15-10(5-14)9-2-3-9;/h4,9-10H,2-3,5-7,14H2,1H3,(H,15,18)(H,16,17,19);1H. The predicted octanol–water partition coefficient (Wildman–Crippen LogP) is 0.930. The van der Waals surface area contributed by atoms with Crippen molar-refractivity contribution in [2.75, 3.05) is 23.4 Å². The maximum atomic E-state index is 11.7. The van der Waals surface area contributed by atoms with E-state index in [1.165, 1.54) is 11.8 Å². The summed E-state index contributed by atoms with van der Waals surface area (Å²) < 4.78 is 4.84. The first-order chi connectivity index (χ1) is 10.1. The Balaban J connectivity index is 0.00000242. The summed E-state index contributed by atoms with van der Waals surface area (Å²) in [7, 11) is 0. The highest BCUT2D eigenvalue weighted by atomic mass is 35.5. The van der Waals surface area contributed by atoms with Gasteiger partial charge in [-0.1, -0.05) is 5.16 Å². The Kier molecular flexibility index (Phi) is 7.70. The largest absolute Gasteiger partial charge is 0.360 e. The number of nitrogens with two attached hydrogens (primary N) is 1. The number of rotatable bonds is 8. The molecule has 2 amide bonds. The average Bonchev–Trinajstić information content (AvgIpc) is 3.20. The number of carbonyl (C=O) groups excluding carboxylic acids is 2. The molecule has 0 bridgehead atoms. The van der Waals surface area contributed by atoms with E-state index in [9.17, 15) is 9.59 Å². The third-order valence-electron chi connectivity index (χ3n) is 3.15. The van der Waals surface area contributed by atoms with Crippen molar-refractivity contribution < 1.29 is 14.1 Å². The van der Waals surface area contributed by atoms with E-state index in [-0.39, 0.29) is 41.8 Å². The maximum Gasteiger partial charge on any atom is 0.235 e. The molecule has 0 radical (unpaired) electrons. The summed E-state index contributed by atoms with van der Waals surface area (Å²) in [4.78, 5) is 23.4. The van der Waals surface area contributed by atoms with Crippen LogP contribution < -0.4 is 16.4 Å². The second-order valence-electron chi connectivity index (χ2n) is 5.11. The first-order valence-electron chi connectivity index (χ1n) is 6.89. The highest BCUT2D eigenvalue weighted by Gasteiger charge is 2.31. The lowest BCUT2D eigenvalue weighted by Crippen LogP contribution is -2.42. The first-order valence-corrected chi connectivity index (χ1v) is 8.04. The van der Waals surface area contributed by atoms with Crippen molar-refractivity contribution in [2.45, 2.75) is 25.8 Å². The summed E-state index contributed by atoms with van der Waals surface area (Å²) in [5, 5.41) is 9.18. The molecule has 124 valence electrons. The second-order valence-corrected chi connectivity index (χ2v) is 6.10. The zero-order chi connectivity index (χ0) is 15.2. The van der Waals surface area contributed by atoms with Crippen LogP contribution in [0.4, 0.5) is 5.82 Å². The molecule has 0 spiro atoms. The van der Waals surface area contributed by atoms with Crippen LogP contribution in [0.25, 0.3) is 0 Å². The minimum atomic E-state index is -0.210. The number of carbonyl (C=O) groups is 2. The fraction of sp³-hybridized carbons (Fsp3) is 0.615. The van der Waals surface area contributed by atoms with Gasteiger partial charge in [-0.15, -0.1) is 24.2 Å². The molecule has 0 aliphatic heterocycles. The lowest BCUT2D eigenvalue weighted by Gasteiger charge is -2.15. The van der Waals surface area contributed by atoms with Crippen molar-refractivity contribution in [1.82, 2.24) is 10.5 Å². The van der Waals surface area contributed by atoms with E-state index < -0.39 is 0 Å². The van der Waals surface area contributed by atoms with Crippen molar-refractivity contribution in [1.29, 1.82) is 0 Å². The lowest BCUT2D eigenvalue weighted by molar-refractivity contribution is -0.119. The Morgan fingerprint density at radius 2 is 2.14 bits per heavy atom. The molecule has 1 aromatic heterocycles. The summed E-state index contributed by atoms with van der Waals surface area (Å²) >= 11 is 1.26. The third kappa shape index (κ3) is 6.25. The molecule has 0 saturated heterocycles. The highest BCUT2D eigenvalue weighted by Crippen LogP contribution is 2.32. The van der Waals surface area contributed by atoms with Crippen LogP contribution in [0.15, 0.2) is 10.6 Å². The van der Waals surface area contributed by atoms with Gasteiger partial charge < -0.3 is 20.9 Å². The molecule has 1 fully saturated rings. The number of aryl methyl sites for hydroxylation is 1. The van der Waals surface area contributed by atoms with E-state index in [2.05, 4.69) is 15.8 Å². The van der Waals surface area contributed by atoms with Crippen molar-refractivity contribution in [3.05, 3.63) is 11.8 Å². The van der Waals surface area contributed by atoms with Gasteiger partial charge in [-0.25, -0.2) is 0 Å². The molecule has 7 nitrogen and oxygen atoms in total. The molecule has 1 heterocycles. The summed E-state index contributed by atoms with van der Waals surface area (Å²) in [6.45, 7) is 2.21. The number of halogens is 1. The molecular formula is C13H21ClN4O3S. The van der Waals surface area contributed by atoms with Crippen LogP contribution >= 0.6 is 24.2 Å². The van der Waals surface area contributed by atoms with Gasteiger partial charge in [0.05, 0.1) is 11.5 Å². The molecule has 2 rings (SSSR count). The highest BCUT2D eigenvalue weighted by molar-refractivity contribution is 8.00. The average molecular weight is 349 g/mol. The molecule has 0 aromatic carbocycles. The fourth-order valence-electron chi connectivity index (χ4n) is 1.96. The van der Waals surface area contributed by atoms with Crippen LogP contribution in [0.3, 0.4) is 0 Å². The fourth-order valence-corrected chi connectivity index (χ4v) is 2.59. The quantitative estimate of drug-likeness (QED) is 0.644. The molecule has 1 atom stereocenters. The molecule has 1 aliphatic rings. The van der Waals surface area contributed by atoms with Gasteiger partial charge in [0.2, 0.25) is 11.8 Å². The van der Waals surface area contributed by atoms with Gasteiger partial charge in [0, 0.05) is 18.7 Å². The van der Waals surface area contributed by atoms with Gasteiger partial charge >= 0.3 is 0 Å². The van der Waals surface area contributed by atoms with E-state index in [1.54, 1.807) is 13.0 Å². The number of nitrogens with zero attached hydrogens (tertiary/aromatic N) is 1. The predicted molar refractivity (Wildman–Crippen MR) is 88.2 cm³/mol. The molecule has 9 heteroatoms. The zero-order valence-electron chi connectivity index (χ0n) is 12.3. The minimum Gasteiger partial charge on any atom is -0.360 e. The number of anilines is 1. The van der Waals surface area contributed by atoms with E-state index >= 15 is 0 Å². The second kappa shape index (κ2) is 9.02. The maximum absolute atomic E-state index is 11.7. The van der Waals surface area contributed by atoms with E-state index in [0.29, 0.717) is 24.0 Å².